The summed E-state index contributed by atoms with van der Waals surface area (Å²) in [7, 11) is 0. The van der Waals surface area contributed by atoms with Crippen LogP contribution in [0.15, 0.2) is 71.5 Å². The standard InChI is InChI=1S/C116H176O8/c1-9-17-25-33-41-49-57-69-81-117-109-89-101-97-77-65-66-79-99-100(80-68-67-78-98(97)102-90-110(118-82-70-58-50-42-34-26-18-10-2)114(122-86-74-62-54-46-38-30-22-14-6)94-106(102)105(101)93-113(109)121-85-73-61-53-45-37-29-21-13-5)104-92-112(120-84-72-60-52-44-36-28-20-12-4)116(124-88-76-64-56-48-40-32-24-16-8)96-108(104)107-95-115(123-87-75-63-55-47-39-31-23-15-7)111(91-103(99)107)119-83-71-59-51-43-35-27-19-11-3/h89-96H,9-64,69-76,81-88H2,1-8H3. The summed E-state index contributed by atoms with van der Waals surface area (Å²) in [4.78, 5) is 0. The Labute approximate surface area is 756 Å². The van der Waals surface area contributed by atoms with Crippen LogP contribution >= 0.6 is 0 Å². The SMILES string of the molecule is CCCCCCCCCCOc1cc2c3c(c4cc(OCCCCCCCCCC)c(OCCCCCCCCCC)cc4c2cc1OCCCCCCCCCC)=C=C=C=C=c1c(c2cc(OCCCCCCCCCC)c(OCCCCCCCCCC)cc2c2cc(OCCCCCCCCCC)c(OCCCCCCCCCC)cc12)=C=C=C=C=3. The van der Waals surface area contributed by atoms with Gasteiger partial charge in [0.05, 0.1) is 52.9 Å². The first-order valence-electron chi connectivity index (χ1n) is 52.7. The summed E-state index contributed by atoms with van der Waals surface area (Å²) in [6.45, 7) is 23.2. The van der Waals surface area contributed by atoms with Crippen LogP contribution in [0.2, 0.25) is 0 Å². The zero-order valence-corrected chi connectivity index (χ0v) is 80.8. The van der Waals surface area contributed by atoms with Crippen LogP contribution in [-0.4, -0.2) is 52.9 Å². The highest BCUT2D eigenvalue weighted by molar-refractivity contribution is 6.11. The number of hydrogen-bond acceptors (Lipinski definition) is 8. The summed E-state index contributed by atoms with van der Waals surface area (Å²) in [5.41, 5.74) is 29.3. The normalized spacial score (nSPS) is 11.6. The molecule has 0 fully saturated rings. The molecule has 0 saturated carbocycles. The van der Waals surface area contributed by atoms with Gasteiger partial charge >= 0.3 is 0 Å². The van der Waals surface area contributed by atoms with E-state index in [1.165, 1.54) is 308 Å². The van der Waals surface area contributed by atoms with Gasteiger partial charge in [-0.2, -0.15) is 0 Å². The molecule has 0 radical (unpaired) electrons. The molecule has 0 heterocycles. The molecule has 0 amide bonds. The van der Waals surface area contributed by atoms with Gasteiger partial charge in [0.25, 0.3) is 0 Å². The van der Waals surface area contributed by atoms with Gasteiger partial charge in [-0.1, -0.05) is 438 Å². The van der Waals surface area contributed by atoms with Gasteiger partial charge in [0.2, 0.25) is 0 Å². The van der Waals surface area contributed by atoms with E-state index >= 15 is 0 Å². The second-order valence-electron chi connectivity index (χ2n) is 36.5. The molecule has 0 unspecified atom stereocenters. The van der Waals surface area contributed by atoms with Gasteiger partial charge in [-0.25, -0.2) is 0 Å². The number of hydrogen-bond donors (Lipinski definition) is 0. The fourth-order valence-corrected chi connectivity index (χ4v) is 17.6. The highest BCUT2D eigenvalue weighted by Gasteiger charge is 2.21. The van der Waals surface area contributed by atoms with E-state index in [1.54, 1.807) is 0 Å². The summed E-state index contributed by atoms with van der Waals surface area (Å²) in [5, 5.41) is 10.8. The van der Waals surface area contributed by atoms with Crippen molar-refractivity contribution >= 4 is 66.0 Å². The second kappa shape index (κ2) is 69.1. The Balaban J connectivity index is 1.55. The van der Waals surface area contributed by atoms with Gasteiger partial charge in [-0.15, -0.1) is 0 Å². The Hall–Kier alpha value is -7.00. The molecule has 8 heteroatoms. The first-order chi connectivity index (χ1) is 61.4. The fraction of sp³-hybridized carbons (Fsp3) is 0.690. The van der Waals surface area contributed by atoms with Crippen LogP contribution in [0, 0.1) is 0 Å². The lowest BCUT2D eigenvalue weighted by atomic mass is 9.96. The summed E-state index contributed by atoms with van der Waals surface area (Å²) in [5.74, 6) is 5.96. The van der Waals surface area contributed by atoms with Gasteiger partial charge in [-0.05, 0) is 144 Å². The Morgan fingerprint density at radius 2 is 0.242 bits per heavy atom. The van der Waals surface area contributed by atoms with Crippen LogP contribution in [0.1, 0.15) is 466 Å². The highest BCUT2D eigenvalue weighted by Crippen LogP contribution is 2.42. The molecule has 0 saturated heterocycles. The first-order valence-corrected chi connectivity index (χ1v) is 52.7. The van der Waals surface area contributed by atoms with Crippen molar-refractivity contribution in [3.05, 3.63) is 92.3 Å². The van der Waals surface area contributed by atoms with Gasteiger partial charge in [0.15, 0.2) is 46.0 Å². The van der Waals surface area contributed by atoms with Crippen LogP contribution in [0.3, 0.4) is 0 Å². The molecule has 7 rings (SSSR count). The maximum absolute atomic E-state index is 7.03. The molecular weight excluding hydrogens is 1520 g/mol. The van der Waals surface area contributed by atoms with Gasteiger partial charge in [0.1, 0.15) is 0 Å². The Morgan fingerprint density at radius 3 is 0.363 bits per heavy atom. The third kappa shape index (κ3) is 41.0. The van der Waals surface area contributed by atoms with E-state index in [2.05, 4.69) is 150 Å². The highest BCUT2D eigenvalue weighted by atomic mass is 16.5. The summed E-state index contributed by atoms with van der Waals surface area (Å²) < 4.78 is 56.2. The maximum Gasteiger partial charge on any atom is 0.161 e. The Bertz CT molecular complexity index is 3840. The van der Waals surface area contributed by atoms with E-state index in [0.29, 0.717) is 52.9 Å². The van der Waals surface area contributed by atoms with Gasteiger partial charge in [-0.3, -0.25) is 0 Å². The quantitative estimate of drug-likeness (QED) is 0.0212. The lowest BCUT2D eigenvalue weighted by Gasteiger charge is -2.18. The maximum atomic E-state index is 7.03. The minimum atomic E-state index is 0.592. The first kappa shape index (κ1) is 104. The number of rotatable bonds is 80. The molecule has 6 aromatic carbocycles. The number of ether oxygens (including phenoxy) is 8. The van der Waals surface area contributed by atoms with Crippen molar-refractivity contribution in [3.63, 3.8) is 0 Å². The number of benzene rings is 6. The van der Waals surface area contributed by atoms with Crippen molar-refractivity contribution in [3.8, 4) is 46.0 Å². The Kier molecular flexibility index (Phi) is 58.0. The van der Waals surface area contributed by atoms with Crippen molar-refractivity contribution in [2.45, 2.75) is 466 Å². The van der Waals surface area contributed by atoms with E-state index in [-0.39, 0.29) is 0 Å². The molecule has 124 heavy (non-hydrogen) atoms. The van der Waals surface area contributed by atoms with E-state index in [1.807, 2.05) is 0 Å². The smallest absolute Gasteiger partial charge is 0.161 e. The molecule has 0 aliphatic heterocycles. The molecule has 0 aromatic heterocycles. The summed E-state index contributed by atoms with van der Waals surface area (Å²) in [6.07, 6.45) is 78.1. The molecule has 1 aliphatic rings. The van der Waals surface area contributed by atoms with Crippen molar-refractivity contribution in [1.29, 1.82) is 0 Å². The predicted octanol–water partition coefficient (Wildman–Crippen LogP) is 33.4. The van der Waals surface area contributed by atoms with Crippen molar-refractivity contribution in [2.75, 3.05) is 52.9 Å². The van der Waals surface area contributed by atoms with Crippen LogP contribution in [0.25, 0.3) is 66.0 Å². The number of fused-ring (bicyclic) bond motifs is 12. The molecule has 0 atom stereocenters. The minimum absolute atomic E-state index is 0.592. The average Bonchev–Trinajstić information content (AvgIpc) is 0.740. The van der Waals surface area contributed by atoms with E-state index in [0.717, 1.165) is 213 Å². The number of unbranched alkanes of at least 4 members (excludes halogenated alkanes) is 56. The largest absolute Gasteiger partial charge is 0.490 e. The lowest BCUT2D eigenvalue weighted by molar-refractivity contribution is 0.258. The summed E-state index contributed by atoms with van der Waals surface area (Å²) >= 11 is 0. The second-order valence-corrected chi connectivity index (χ2v) is 36.5. The minimum Gasteiger partial charge on any atom is -0.490 e. The molecule has 8 nitrogen and oxygen atoms in total. The third-order valence-electron chi connectivity index (χ3n) is 25.4. The van der Waals surface area contributed by atoms with Crippen LogP contribution in [0.5, 0.6) is 46.0 Å². The van der Waals surface area contributed by atoms with Crippen molar-refractivity contribution < 1.29 is 37.9 Å². The predicted molar refractivity (Wildman–Crippen MR) is 534 cm³/mol. The molecule has 0 N–H and O–H groups in total. The summed E-state index contributed by atoms with van der Waals surface area (Å²) in [6, 6.07) is 17.8. The average molecular weight is 1700 g/mol. The molecule has 688 valence electrons. The zero-order valence-electron chi connectivity index (χ0n) is 80.8. The lowest BCUT2D eigenvalue weighted by Crippen LogP contribution is -2.25. The van der Waals surface area contributed by atoms with E-state index in [9.17, 15) is 0 Å². The van der Waals surface area contributed by atoms with Crippen molar-refractivity contribution in [1.82, 2.24) is 0 Å². The molecule has 0 bridgehead atoms. The molecule has 6 aromatic rings. The van der Waals surface area contributed by atoms with Crippen LogP contribution in [0.4, 0.5) is 0 Å². The molecular formula is C116H176O8. The molecule has 0 spiro atoms. The third-order valence-corrected chi connectivity index (χ3v) is 25.4. The van der Waals surface area contributed by atoms with E-state index < -0.39 is 0 Å². The topological polar surface area (TPSA) is 73.8 Å². The fourth-order valence-electron chi connectivity index (χ4n) is 17.6. The zero-order chi connectivity index (χ0) is 87.4. The van der Waals surface area contributed by atoms with Crippen LogP contribution in [-0.2, 0) is 0 Å². The van der Waals surface area contributed by atoms with E-state index in [4.69, 9.17) is 37.9 Å². The van der Waals surface area contributed by atoms with Crippen LogP contribution < -0.4 is 58.8 Å². The Morgan fingerprint density at radius 1 is 0.137 bits per heavy atom. The van der Waals surface area contributed by atoms with Gasteiger partial charge in [0, 0.05) is 42.4 Å². The van der Waals surface area contributed by atoms with Gasteiger partial charge < -0.3 is 37.9 Å². The monoisotopic (exact) mass is 1700 g/mol. The molecule has 1 aliphatic carbocycles. The van der Waals surface area contributed by atoms with Crippen molar-refractivity contribution in [2.24, 2.45) is 0 Å².